The fourth-order valence-corrected chi connectivity index (χ4v) is 3.71. The van der Waals surface area contributed by atoms with Crippen LogP contribution in [0.25, 0.3) is 0 Å². The third-order valence-electron chi connectivity index (χ3n) is 4.79. The van der Waals surface area contributed by atoms with Crippen molar-refractivity contribution >= 4 is 17.3 Å². The number of benzene rings is 2. The van der Waals surface area contributed by atoms with Crippen molar-refractivity contribution in [3.63, 3.8) is 0 Å². The van der Waals surface area contributed by atoms with Gasteiger partial charge in [0.05, 0.1) is 18.9 Å². The number of nitrogens with zero attached hydrogens (tertiary/aromatic N) is 2. The lowest BCUT2D eigenvalue weighted by Gasteiger charge is -2.38. The molecule has 2 aromatic rings. The lowest BCUT2D eigenvalue weighted by atomic mass is 9.96. The number of hydrazone groups is 1. The van der Waals surface area contributed by atoms with Crippen LogP contribution < -0.4 is 9.47 Å². The minimum Gasteiger partial charge on any atom is -0.497 e. The van der Waals surface area contributed by atoms with Crippen molar-refractivity contribution in [2.24, 2.45) is 5.10 Å². The Balaban J connectivity index is 1.69. The Bertz CT molecular complexity index is 804. The van der Waals surface area contributed by atoms with Crippen LogP contribution in [0.1, 0.15) is 43.4 Å². The summed E-state index contributed by atoms with van der Waals surface area (Å²) < 4.78 is 11.5. The molecule has 5 heteroatoms. The molecule has 0 saturated heterocycles. The summed E-state index contributed by atoms with van der Waals surface area (Å²) in [5.74, 6) is 1.78. The SMILES string of the molecule is CCC[C@@H]1Oc2ccc(Cl)cc2[C@@H]2CC(c3ccc(OC)cc3)=NN12. The van der Waals surface area contributed by atoms with Gasteiger partial charge in [0.1, 0.15) is 11.5 Å². The molecule has 0 unspecified atom stereocenters. The van der Waals surface area contributed by atoms with E-state index in [0.717, 1.165) is 52.6 Å². The van der Waals surface area contributed by atoms with Crippen molar-refractivity contribution in [2.45, 2.75) is 38.5 Å². The van der Waals surface area contributed by atoms with Crippen LogP contribution in [0.15, 0.2) is 47.6 Å². The van der Waals surface area contributed by atoms with Crippen molar-refractivity contribution in [1.29, 1.82) is 0 Å². The quantitative estimate of drug-likeness (QED) is 0.771. The first-order chi connectivity index (χ1) is 12.2. The van der Waals surface area contributed by atoms with Gasteiger partial charge >= 0.3 is 0 Å². The van der Waals surface area contributed by atoms with E-state index in [0.29, 0.717) is 0 Å². The van der Waals surface area contributed by atoms with Crippen LogP contribution in [-0.4, -0.2) is 24.1 Å². The predicted molar refractivity (Wildman–Crippen MR) is 99.5 cm³/mol. The van der Waals surface area contributed by atoms with E-state index in [9.17, 15) is 0 Å². The van der Waals surface area contributed by atoms with Gasteiger partial charge in [0, 0.05) is 23.4 Å². The second kappa shape index (κ2) is 6.60. The highest BCUT2D eigenvalue weighted by atomic mass is 35.5. The number of methoxy groups -OCH3 is 1. The minimum atomic E-state index is -0.0283. The van der Waals surface area contributed by atoms with Crippen molar-refractivity contribution in [3.8, 4) is 11.5 Å². The molecule has 2 aromatic carbocycles. The first-order valence-corrected chi connectivity index (χ1v) is 9.03. The highest BCUT2D eigenvalue weighted by molar-refractivity contribution is 6.30. The Morgan fingerprint density at radius 1 is 1.24 bits per heavy atom. The molecule has 130 valence electrons. The van der Waals surface area contributed by atoms with Crippen LogP contribution in [0.3, 0.4) is 0 Å². The fraction of sp³-hybridized carbons (Fsp3) is 0.350. The van der Waals surface area contributed by atoms with E-state index in [2.05, 4.69) is 24.1 Å². The van der Waals surface area contributed by atoms with Crippen LogP contribution in [0.5, 0.6) is 11.5 Å². The summed E-state index contributed by atoms with van der Waals surface area (Å²) >= 11 is 6.23. The van der Waals surface area contributed by atoms with Crippen molar-refractivity contribution in [2.75, 3.05) is 7.11 Å². The summed E-state index contributed by atoms with van der Waals surface area (Å²) in [6.07, 6.45) is 2.81. The van der Waals surface area contributed by atoms with Crippen LogP contribution in [0, 0.1) is 0 Å². The number of rotatable bonds is 4. The van der Waals surface area contributed by atoms with Gasteiger partial charge in [-0.2, -0.15) is 5.10 Å². The molecule has 0 N–H and O–H groups in total. The Hall–Kier alpha value is -2.20. The van der Waals surface area contributed by atoms with Crippen molar-refractivity contribution in [1.82, 2.24) is 5.01 Å². The van der Waals surface area contributed by atoms with Crippen LogP contribution in [0.4, 0.5) is 0 Å². The van der Waals surface area contributed by atoms with Gasteiger partial charge in [-0.1, -0.05) is 24.9 Å². The molecule has 0 aliphatic carbocycles. The molecule has 25 heavy (non-hydrogen) atoms. The maximum absolute atomic E-state index is 6.23. The monoisotopic (exact) mass is 356 g/mol. The lowest BCUT2D eigenvalue weighted by Crippen LogP contribution is -2.40. The summed E-state index contributed by atoms with van der Waals surface area (Å²) in [7, 11) is 1.68. The normalized spacial score (nSPS) is 21.2. The minimum absolute atomic E-state index is 0.0283. The first kappa shape index (κ1) is 16.3. The number of halogens is 1. The van der Waals surface area contributed by atoms with E-state index < -0.39 is 0 Å². The summed E-state index contributed by atoms with van der Waals surface area (Å²) in [5.41, 5.74) is 3.31. The maximum atomic E-state index is 6.23. The third kappa shape index (κ3) is 2.95. The van der Waals surface area contributed by atoms with Gasteiger partial charge in [-0.15, -0.1) is 0 Å². The molecule has 2 atom stereocenters. The van der Waals surface area contributed by atoms with Gasteiger partial charge < -0.3 is 9.47 Å². The molecule has 4 nitrogen and oxygen atoms in total. The second-order valence-corrected chi connectivity index (χ2v) is 6.85. The molecule has 2 aliphatic heterocycles. The highest BCUT2D eigenvalue weighted by Gasteiger charge is 2.39. The van der Waals surface area contributed by atoms with Crippen LogP contribution >= 0.6 is 11.6 Å². The topological polar surface area (TPSA) is 34.1 Å². The molecule has 2 heterocycles. The summed E-state index contributed by atoms with van der Waals surface area (Å²) in [6, 6.07) is 14.1. The Morgan fingerprint density at radius 3 is 2.76 bits per heavy atom. The Kier molecular flexibility index (Phi) is 4.30. The Morgan fingerprint density at radius 2 is 2.04 bits per heavy atom. The molecule has 0 spiro atoms. The molecular weight excluding hydrogens is 336 g/mol. The van der Waals surface area contributed by atoms with Crippen molar-refractivity contribution in [3.05, 3.63) is 58.6 Å². The number of hydrogen-bond acceptors (Lipinski definition) is 4. The van der Waals surface area contributed by atoms with Gasteiger partial charge in [0.25, 0.3) is 0 Å². The maximum Gasteiger partial charge on any atom is 0.187 e. The number of ether oxygens (including phenoxy) is 2. The Labute approximate surface area is 153 Å². The number of hydrogen-bond donors (Lipinski definition) is 0. The highest BCUT2D eigenvalue weighted by Crippen LogP contribution is 2.44. The molecule has 4 rings (SSSR count). The molecule has 0 amide bonds. The molecule has 2 aliphatic rings. The standard InChI is InChI=1S/C20H21ClN2O2/c1-3-4-20-23-18(16-11-14(21)7-10-19(16)25-20)12-17(22-23)13-5-8-15(24-2)9-6-13/h5-11,18,20H,3-4,12H2,1-2H3/t18-,20-/m0/s1. The number of fused-ring (bicyclic) bond motifs is 3. The van der Waals surface area contributed by atoms with Crippen LogP contribution in [-0.2, 0) is 0 Å². The lowest BCUT2D eigenvalue weighted by molar-refractivity contribution is -0.0223. The summed E-state index contributed by atoms with van der Waals surface area (Å²) in [4.78, 5) is 0. The first-order valence-electron chi connectivity index (χ1n) is 8.66. The molecule has 0 saturated carbocycles. The molecular formula is C20H21ClN2O2. The van der Waals surface area contributed by atoms with Gasteiger partial charge in [-0.05, 0) is 48.0 Å². The summed E-state index contributed by atoms with van der Waals surface area (Å²) in [6.45, 7) is 2.17. The van der Waals surface area contributed by atoms with Crippen LogP contribution in [0.2, 0.25) is 5.02 Å². The zero-order valence-electron chi connectivity index (χ0n) is 14.4. The third-order valence-corrected chi connectivity index (χ3v) is 5.03. The molecule has 0 radical (unpaired) electrons. The molecule has 0 aromatic heterocycles. The van der Waals surface area contributed by atoms with E-state index >= 15 is 0 Å². The smallest absolute Gasteiger partial charge is 0.187 e. The zero-order valence-corrected chi connectivity index (χ0v) is 15.2. The average molecular weight is 357 g/mol. The fourth-order valence-electron chi connectivity index (χ4n) is 3.53. The van der Waals surface area contributed by atoms with E-state index in [-0.39, 0.29) is 12.3 Å². The largest absolute Gasteiger partial charge is 0.497 e. The van der Waals surface area contributed by atoms with Gasteiger partial charge in [-0.3, -0.25) is 5.01 Å². The van der Waals surface area contributed by atoms with E-state index in [1.54, 1.807) is 7.11 Å². The molecule has 0 fully saturated rings. The zero-order chi connectivity index (χ0) is 17.4. The van der Waals surface area contributed by atoms with Gasteiger partial charge in [0.2, 0.25) is 0 Å². The van der Waals surface area contributed by atoms with E-state index in [1.165, 1.54) is 0 Å². The van der Waals surface area contributed by atoms with Crippen molar-refractivity contribution < 1.29 is 9.47 Å². The van der Waals surface area contributed by atoms with Gasteiger partial charge in [0.15, 0.2) is 6.23 Å². The van der Waals surface area contributed by atoms with Gasteiger partial charge in [-0.25, -0.2) is 0 Å². The predicted octanol–water partition coefficient (Wildman–Crippen LogP) is 5.02. The molecule has 0 bridgehead atoms. The summed E-state index contributed by atoms with van der Waals surface area (Å²) in [5, 5.41) is 7.75. The van der Waals surface area contributed by atoms with E-state index in [4.69, 9.17) is 26.2 Å². The second-order valence-electron chi connectivity index (χ2n) is 6.42. The average Bonchev–Trinajstić information content (AvgIpc) is 3.08. The van der Waals surface area contributed by atoms with E-state index in [1.807, 2.05) is 30.3 Å².